The highest BCUT2D eigenvalue weighted by Crippen LogP contribution is 2.25. The topological polar surface area (TPSA) is 47.3 Å². The number of benzene rings is 1. The summed E-state index contributed by atoms with van der Waals surface area (Å²) in [7, 11) is 1.88. The van der Waals surface area contributed by atoms with Gasteiger partial charge in [0.2, 0.25) is 0 Å². The normalized spacial score (nSPS) is 10.7. The molecule has 0 amide bonds. The van der Waals surface area contributed by atoms with Crippen LogP contribution in [0.2, 0.25) is 0 Å². The van der Waals surface area contributed by atoms with Gasteiger partial charge in [0.05, 0.1) is 12.3 Å². The van der Waals surface area contributed by atoms with Crippen LogP contribution in [0, 0.1) is 13.8 Å². The summed E-state index contributed by atoms with van der Waals surface area (Å²) in [6, 6.07) is 5.83. The van der Waals surface area contributed by atoms with Gasteiger partial charge in [-0.2, -0.15) is 5.10 Å². The predicted octanol–water partition coefficient (Wildman–Crippen LogP) is 2.11. The number of hydrogen-bond donors (Lipinski definition) is 1. The molecule has 0 aliphatic rings. The first-order chi connectivity index (χ1) is 8.60. The summed E-state index contributed by atoms with van der Waals surface area (Å²) >= 11 is 0. The number of aromatic nitrogens is 2. The molecule has 18 heavy (non-hydrogen) atoms. The molecule has 0 fully saturated rings. The molecule has 2 aromatic rings. The van der Waals surface area contributed by atoms with Crippen LogP contribution >= 0.6 is 0 Å². The van der Waals surface area contributed by atoms with Crippen LogP contribution in [0.25, 0.3) is 0 Å². The summed E-state index contributed by atoms with van der Waals surface area (Å²) in [5, 5.41) is 13.4. The number of aliphatic hydroxyl groups is 1. The first-order valence-electron chi connectivity index (χ1n) is 5.92. The second-order valence-corrected chi connectivity index (χ2v) is 4.49. The van der Waals surface area contributed by atoms with E-state index in [9.17, 15) is 0 Å². The summed E-state index contributed by atoms with van der Waals surface area (Å²) in [6.45, 7) is 4.49. The van der Waals surface area contributed by atoms with E-state index in [0.717, 1.165) is 28.1 Å². The molecule has 2 rings (SSSR count). The summed E-state index contributed by atoms with van der Waals surface area (Å²) in [6.07, 6.45) is 1.90. The Labute approximate surface area is 107 Å². The minimum Gasteiger partial charge on any atom is -0.487 e. The van der Waals surface area contributed by atoms with E-state index in [-0.39, 0.29) is 6.61 Å². The average molecular weight is 246 g/mol. The van der Waals surface area contributed by atoms with Crippen LogP contribution in [0.1, 0.15) is 22.4 Å². The summed E-state index contributed by atoms with van der Waals surface area (Å²) < 4.78 is 7.57. The molecule has 0 radical (unpaired) electrons. The second kappa shape index (κ2) is 5.23. The molecule has 0 bridgehead atoms. The minimum atomic E-state index is 0.0577. The summed E-state index contributed by atoms with van der Waals surface area (Å²) in [4.78, 5) is 0. The number of ether oxygens (including phenoxy) is 1. The SMILES string of the molecule is Cc1cc(CO)cc(C)c1OCc1ccn(C)n1. The Bertz CT molecular complexity index is 523. The Morgan fingerprint density at radius 3 is 2.44 bits per heavy atom. The van der Waals surface area contributed by atoms with E-state index in [0.29, 0.717) is 6.61 Å². The average Bonchev–Trinajstić information content (AvgIpc) is 2.73. The first-order valence-corrected chi connectivity index (χ1v) is 5.92. The van der Waals surface area contributed by atoms with E-state index in [1.54, 1.807) is 4.68 Å². The summed E-state index contributed by atoms with van der Waals surface area (Å²) in [5.41, 5.74) is 3.89. The van der Waals surface area contributed by atoms with Crippen LogP contribution in [0.3, 0.4) is 0 Å². The van der Waals surface area contributed by atoms with E-state index in [1.165, 1.54) is 0 Å². The van der Waals surface area contributed by atoms with Crippen LogP contribution in [0.4, 0.5) is 0 Å². The molecule has 4 heteroatoms. The van der Waals surface area contributed by atoms with Crippen molar-refractivity contribution < 1.29 is 9.84 Å². The molecule has 0 unspecified atom stereocenters. The van der Waals surface area contributed by atoms with Gasteiger partial charge in [0.1, 0.15) is 12.4 Å². The maximum atomic E-state index is 9.13. The monoisotopic (exact) mass is 246 g/mol. The Kier molecular flexibility index (Phi) is 3.67. The zero-order valence-corrected chi connectivity index (χ0v) is 11.0. The van der Waals surface area contributed by atoms with Crippen LogP contribution < -0.4 is 4.74 Å². The molecule has 0 spiro atoms. The Morgan fingerprint density at radius 2 is 1.94 bits per heavy atom. The zero-order valence-electron chi connectivity index (χ0n) is 11.0. The van der Waals surface area contributed by atoms with Gasteiger partial charge in [0.25, 0.3) is 0 Å². The molecular formula is C14H18N2O2. The van der Waals surface area contributed by atoms with Gasteiger partial charge in [-0.25, -0.2) is 0 Å². The van der Waals surface area contributed by atoms with Gasteiger partial charge in [0.15, 0.2) is 0 Å². The smallest absolute Gasteiger partial charge is 0.132 e. The van der Waals surface area contributed by atoms with E-state index in [4.69, 9.17) is 9.84 Å². The quantitative estimate of drug-likeness (QED) is 0.898. The Hall–Kier alpha value is -1.81. The van der Waals surface area contributed by atoms with Crippen molar-refractivity contribution in [3.05, 3.63) is 46.8 Å². The Morgan fingerprint density at radius 1 is 1.28 bits per heavy atom. The molecule has 96 valence electrons. The zero-order chi connectivity index (χ0) is 13.1. The maximum Gasteiger partial charge on any atom is 0.132 e. The highest BCUT2D eigenvalue weighted by atomic mass is 16.5. The van der Waals surface area contributed by atoms with Crippen LogP contribution in [0.5, 0.6) is 5.75 Å². The third kappa shape index (κ3) is 2.71. The van der Waals surface area contributed by atoms with Crippen molar-refractivity contribution in [1.29, 1.82) is 0 Å². The standard InChI is InChI=1S/C14H18N2O2/c1-10-6-12(8-17)7-11(2)14(10)18-9-13-4-5-16(3)15-13/h4-7,17H,8-9H2,1-3H3. The fourth-order valence-electron chi connectivity index (χ4n) is 2.05. The number of nitrogens with zero attached hydrogens (tertiary/aromatic N) is 2. The van der Waals surface area contributed by atoms with Crippen LogP contribution in [0.15, 0.2) is 24.4 Å². The lowest BCUT2D eigenvalue weighted by Crippen LogP contribution is -2.01. The lowest BCUT2D eigenvalue weighted by atomic mass is 10.1. The lowest BCUT2D eigenvalue weighted by molar-refractivity contribution is 0.279. The molecule has 4 nitrogen and oxygen atoms in total. The number of aryl methyl sites for hydroxylation is 3. The third-order valence-corrected chi connectivity index (χ3v) is 2.84. The molecular weight excluding hydrogens is 228 g/mol. The van der Waals surface area contributed by atoms with Gasteiger partial charge in [-0.15, -0.1) is 0 Å². The van der Waals surface area contributed by atoms with E-state index in [2.05, 4.69) is 5.10 Å². The van der Waals surface area contributed by atoms with Crippen molar-refractivity contribution in [2.24, 2.45) is 7.05 Å². The van der Waals surface area contributed by atoms with Crippen molar-refractivity contribution in [3.8, 4) is 5.75 Å². The third-order valence-electron chi connectivity index (χ3n) is 2.84. The van der Waals surface area contributed by atoms with E-state index in [1.807, 2.05) is 45.3 Å². The van der Waals surface area contributed by atoms with Gasteiger partial charge in [-0.1, -0.05) is 12.1 Å². The van der Waals surface area contributed by atoms with Crippen molar-refractivity contribution in [2.45, 2.75) is 27.1 Å². The number of hydrogen-bond acceptors (Lipinski definition) is 3. The molecule has 0 atom stereocenters. The highest BCUT2D eigenvalue weighted by Gasteiger charge is 2.07. The van der Waals surface area contributed by atoms with Crippen LogP contribution in [-0.2, 0) is 20.3 Å². The number of aliphatic hydroxyl groups excluding tert-OH is 1. The molecule has 0 aliphatic carbocycles. The number of rotatable bonds is 4. The molecule has 0 aliphatic heterocycles. The first kappa shape index (κ1) is 12.6. The minimum absolute atomic E-state index is 0.0577. The Balaban J connectivity index is 2.14. The summed E-state index contributed by atoms with van der Waals surface area (Å²) in [5.74, 6) is 0.873. The van der Waals surface area contributed by atoms with Gasteiger partial charge in [0, 0.05) is 13.2 Å². The molecule has 1 heterocycles. The fourth-order valence-corrected chi connectivity index (χ4v) is 2.05. The van der Waals surface area contributed by atoms with Gasteiger partial charge in [-0.3, -0.25) is 4.68 Å². The second-order valence-electron chi connectivity index (χ2n) is 4.49. The molecule has 0 saturated heterocycles. The highest BCUT2D eigenvalue weighted by molar-refractivity contribution is 5.43. The van der Waals surface area contributed by atoms with Gasteiger partial charge in [-0.05, 0) is 36.6 Å². The maximum absolute atomic E-state index is 9.13. The molecule has 1 aromatic carbocycles. The molecule has 0 saturated carbocycles. The van der Waals surface area contributed by atoms with Gasteiger partial charge >= 0.3 is 0 Å². The van der Waals surface area contributed by atoms with Crippen LogP contribution in [-0.4, -0.2) is 14.9 Å². The van der Waals surface area contributed by atoms with Crippen molar-refractivity contribution in [2.75, 3.05) is 0 Å². The molecule has 1 aromatic heterocycles. The van der Waals surface area contributed by atoms with Crippen molar-refractivity contribution >= 4 is 0 Å². The predicted molar refractivity (Wildman–Crippen MR) is 69.4 cm³/mol. The lowest BCUT2D eigenvalue weighted by Gasteiger charge is -2.12. The largest absolute Gasteiger partial charge is 0.487 e. The van der Waals surface area contributed by atoms with Crippen molar-refractivity contribution in [3.63, 3.8) is 0 Å². The molecule has 1 N–H and O–H groups in total. The van der Waals surface area contributed by atoms with E-state index >= 15 is 0 Å². The fraction of sp³-hybridized carbons (Fsp3) is 0.357. The van der Waals surface area contributed by atoms with E-state index < -0.39 is 0 Å². The van der Waals surface area contributed by atoms with Crippen molar-refractivity contribution in [1.82, 2.24) is 9.78 Å². The van der Waals surface area contributed by atoms with Gasteiger partial charge < -0.3 is 9.84 Å².